The number of nitrogens with one attached hydrogen (secondary N) is 2. The monoisotopic (exact) mass is 443 g/mol. The zero-order valence-corrected chi connectivity index (χ0v) is 18.2. The van der Waals surface area contributed by atoms with Gasteiger partial charge in [-0.3, -0.25) is 9.89 Å². The predicted molar refractivity (Wildman–Crippen MR) is 121 cm³/mol. The number of benzene rings is 2. The van der Waals surface area contributed by atoms with Crippen molar-refractivity contribution in [2.75, 3.05) is 40.0 Å². The Morgan fingerprint density at radius 2 is 2.00 bits per heavy atom. The molecule has 0 atom stereocenters. The first kappa shape index (κ1) is 20.9. The van der Waals surface area contributed by atoms with Gasteiger partial charge in [-0.05, 0) is 42.5 Å². The number of methoxy groups -OCH3 is 1. The van der Waals surface area contributed by atoms with Gasteiger partial charge >= 0.3 is 0 Å². The number of ether oxygens (including phenoxy) is 2. The van der Waals surface area contributed by atoms with Crippen LogP contribution in [0.3, 0.4) is 0 Å². The molecule has 0 spiro atoms. The second kappa shape index (κ2) is 9.24. The molecule has 5 rings (SSSR count). The highest BCUT2D eigenvalue weighted by atomic mass is 16.5. The van der Waals surface area contributed by atoms with Crippen LogP contribution < -0.4 is 4.68 Å². The maximum Gasteiger partial charge on any atom is 0.269 e. The average molecular weight is 443 g/mol. The highest BCUT2D eigenvalue weighted by Gasteiger charge is 2.21. The SMILES string of the molecule is COCC#Cc1ccc2c(-c3c[n+](-c4ccc(C(=O)N5CCOCC5)cc4)[nH]n3)n[nH]c2c1. The van der Waals surface area contributed by atoms with Crippen molar-refractivity contribution in [3.8, 4) is 28.9 Å². The molecule has 2 aromatic heterocycles. The quantitative estimate of drug-likeness (QED) is 0.369. The smallest absolute Gasteiger partial charge is 0.269 e. The Labute approximate surface area is 190 Å². The van der Waals surface area contributed by atoms with E-state index >= 15 is 0 Å². The van der Waals surface area contributed by atoms with Crippen molar-refractivity contribution in [1.82, 2.24) is 25.4 Å². The van der Waals surface area contributed by atoms with Gasteiger partial charge in [-0.2, -0.15) is 5.10 Å². The van der Waals surface area contributed by atoms with Crippen LogP contribution in [0.1, 0.15) is 15.9 Å². The molecule has 1 saturated heterocycles. The zero-order chi connectivity index (χ0) is 22.6. The van der Waals surface area contributed by atoms with Crippen LogP contribution in [0.5, 0.6) is 0 Å². The predicted octanol–water partition coefficient (Wildman–Crippen LogP) is 1.70. The minimum atomic E-state index is 0.0226. The number of H-pyrrole nitrogens is 2. The van der Waals surface area contributed by atoms with Crippen molar-refractivity contribution >= 4 is 16.8 Å². The first-order chi connectivity index (χ1) is 16.2. The Kier molecular flexibility index (Phi) is 5.85. The topological polar surface area (TPSA) is 100 Å². The number of amides is 1. The van der Waals surface area contributed by atoms with Crippen LogP contribution in [-0.4, -0.2) is 71.3 Å². The van der Waals surface area contributed by atoms with Crippen LogP contribution in [0.2, 0.25) is 0 Å². The van der Waals surface area contributed by atoms with E-state index in [0.29, 0.717) is 44.2 Å². The van der Waals surface area contributed by atoms with Gasteiger partial charge in [0, 0.05) is 41.8 Å². The molecule has 33 heavy (non-hydrogen) atoms. The fourth-order valence-corrected chi connectivity index (χ4v) is 3.75. The van der Waals surface area contributed by atoms with E-state index in [1.807, 2.05) is 53.6 Å². The molecule has 0 bridgehead atoms. The highest BCUT2D eigenvalue weighted by Crippen LogP contribution is 2.24. The van der Waals surface area contributed by atoms with Crippen molar-refractivity contribution in [1.29, 1.82) is 0 Å². The van der Waals surface area contributed by atoms with Gasteiger partial charge in [0.2, 0.25) is 0 Å². The number of aromatic amines is 2. The minimum absolute atomic E-state index is 0.0226. The molecule has 1 amide bonds. The van der Waals surface area contributed by atoms with Crippen molar-refractivity contribution in [2.24, 2.45) is 0 Å². The molecule has 9 heteroatoms. The fourth-order valence-electron chi connectivity index (χ4n) is 3.75. The Morgan fingerprint density at radius 3 is 2.79 bits per heavy atom. The molecule has 1 fully saturated rings. The normalized spacial score (nSPS) is 13.7. The Morgan fingerprint density at radius 1 is 1.18 bits per heavy atom. The molecule has 1 aliphatic heterocycles. The largest absolute Gasteiger partial charge is 0.378 e. The standard InChI is InChI=1S/C24H22N6O3/c1-32-12-2-3-17-4-9-20-21(15-17)25-27-23(20)22-16-30(28-26-22)19-7-5-18(6-8-19)24(31)29-10-13-33-14-11-29/h4-9,15-16H,10-14H2,1H3,(H,25,27)/p+1. The number of morpholine rings is 1. The maximum atomic E-state index is 12.6. The Balaban J connectivity index is 1.35. The summed E-state index contributed by atoms with van der Waals surface area (Å²) in [5.74, 6) is 6.04. The van der Waals surface area contributed by atoms with Crippen LogP contribution in [0, 0.1) is 11.8 Å². The van der Waals surface area contributed by atoms with E-state index in [4.69, 9.17) is 9.47 Å². The molecule has 9 nitrogen and oxygen atoms in total. The Hall–Kier alpha value is -4.00. The summed E-state index contributed by atoms with van der Waals surface area (Å²) in [7, 11) is 1.62. The van der Waals surface area contributed by atoms with Crippen LogP contribution in [0.25, 0.3) is 28.0 Å². The van der Waals surface area contributed by atoms with Gasteiger partial charge in [-0.25, -0.2) is 0 Å². The summed E-state index contributed by atoms with van der Waals surface area (Å²) >= 11 is 0. The van der Waals surface area contributed by atoms with Gasteiger partial charge in [0.05, 0.1) is 18.7 Å². The van der Waals surface area contributed by atoms with Crippen LogP contribution in [-0.2, 0) is 9.47 Å². The summed E-state index contributed by atoms with van der Waals surface area (Å²) in [6.07, 6.45) is 1.88. The minimum Gasteiger partial charge on any atom is -0.378 e. The van der Waals surface area contributed by atoms with E-state index in [-0.39, 0.29) is 5.91 Å². The van der Waals surface area contributed by atoms with Gasteiger partial charge < -0.3 is 14.4 Å². The maximum absolute atomic E-state index is 12.6. The van der Waals surface area contributed by atoms with Gasteiger partial charge in [0.25, 0.3) is 11.6 Å². The van der Waals surface area contributed by atoms with Crippen LogP contribution in [0.4, 0.5) is 0 Å². The third-order valence-corrected chi connectivity index (χ3v) is 5.47. The van der Waals surface area contributed by atoms with Gasteiger partial charge in [0.1, 0.15) is 6.61 Å². The van der Waals surface area contributed by atoms with Crippen LogP contribution in [0.15, 0.2) is 48.7 Å². The summed E-state index contributed by atoms with van der Waals surface area (Å²) in [6, 6.07) is 13.3. The second-order valence-corrected chi connectivity index (χ2v) is 7.61. The average Bonchev–Trinajstić information content (AvgIpc) is 3.51. The van der Waals surface area contributed by atoms with Gasteiger partial charge in [-0.1, -0.05) is 17.1 Å². The van der Waals surface area contributed by atoms with E-state index in [1.54, 1.807) is 11.8 Å². The third-order valence-electron chi connectivity index (χ3n) is 5.47. The number of fused-ring (bicyclic) bond motifs is 1. The molecule has 2 aromatic carbocycles. The molecular formula is C24H23N6O3+. The Bertz CT molecular complexity index is 1340. The highest BCUT2D eigenvalue weighted by molar-refractivity contribution is 5.94. The number of carbonyl (C=O) groups is 1. The molecule has 0 saturated carbocycles. The number of carbonyl (C=O) groups excluding carboxylic acids is 1. The first-order valence-electron chi connectivity index (χ1n) is 10.6. The van der Waals surface area contributed by atoms with E-state index < -0.39 is 0 Å². The number of aromatic nitrogens is 5. The molecule has 166 valence electrons. The van der Waals surface area contributed by atoms with Crippen molar-refractivity contribution in [3.63, 3.8) is 0 Å². The molecule has 1 aliphatic rings. The summed E-state index contributed by atoms with van der Waals surface area (Å²) < 4.78 is 12.1. The molecule has 4 aromatic rings. The number of hydrogen-bond acceptors (Lipinski definition) is 5. The molecule has 0 aliphatic carbocycles. The van der Waals surface area contributed by atoms with E-state index in [9.17, 15) is 4.79 Å². The zero-order valence-electron chi connectivity index (χ0n) is 18.2. The third kappa shape index (κ3) is 4.35. The first-order valence-corrected chi connectivity index (χ1v) is 10.6. The van der Waals surface area contributed by atoms with E-state index in [0.717, 1.165) is 27.8 Å². The second-order valence-electron chi connectivity index (χ2n) is 7.61. The molecule has 3 heterocycles. The lowest BCUT2D eigenvalue weighted by Crippen LogP contribution is -2.40. The van der Waals surface area contributed by atoms with Crippen molar-refractivity contribution < 1.29 is 19.0 Å². The van der Waals surface area contributed by atoms with Crippen LogP contribution >= 0.6 is 0 Å². The number of hydrogen-bond donors (Lipinski definition) is 2. The van der Waals surface area contributed by atoms with E-state index in [2.05, 4.69) is 32.4 Å². The van der Waals surface area contributed by atoms with Gasteiger partial charge in [0.15, 0.2) is 17.6 Å². The van der Waals surface area contributed by atoms with Crippen molar-refractivity contribution in [3.05, 3.63) is 59.8 Å². The fraction of sp³-hybridized carbons (Fsp3) is 0.250. The lowest BCUT2D eigenvalue weighted by Gasteiger charge is -2.26. The number of rotatable bonds is 4. The lowest BCUT2D eigenvalue weighted by molar-refractivity contribution is -0.659. The molecular weight excluding hydrogens is 420 g/mol. The summed E-state index contributed by atoms with van der Waals surface area (Å²) in [4.78, 5) is 14.5. The molecule has 0 radical (unpaired) electrons. The molecule has 0 unspecified atom stereocenters. The molecule has 2 N–H and O–H groups in total. The summed E-state index contributed by atoms with van der Waals surface area (Å²) in [6.45, 7) is 2.81. The summed E-state index contributed by atoms with van der Waals surface area (Å²) in [5, 5.41) is 15.9. The van der Waals surface area contributed by atoms with Crippen molar-refractivity contribution in [2.45, 2.75) is 0 Å². The van der Waals surface area contributed by atoms with Gasteiger partial charge in [-0.15, -0.1) is 4.68 Å². The van der Waals surface area contributed by atoms with E-state index in [1.165, 1.54) is 0 Å². The number of nitrogens with zero attached hydrogens (tertiary/aromatic N) is 4. The summed E-state index contributed by atoms with van der Waals surface area (Å²) in [5.41, 5.74) is 4.74. The lowest BCUT2D eigenvalue weighted by atomic mass is 10.1.